The fourth-order valence-corrected chi connectivity index (χ4v) is 5.37. The van der Waals surface area contributed by atoms with E-state index in [4.69, 9.17) is 4.74 Å². The quantitative estimate of drug-likeness (QED) is 0.325. The van der Waals surface area contributed by atoms with E-state index in [1.807, 2.05) is 56.3 Å². The number of carbonyl (C=O) groups is 2. The van der Waals surface area contributed by atoms with Crippen LogP contribution >= 0.6 is 0 Å². The predicted octanol–water partition coefficient (Wildman–Crippen LogP) is 4.99. The lowest BCUT2D eigenvalue weighted by Crippen LogP contribution is -2.48. The maximum atomic E-state index is 14.2. The summed E-state index contributed by atoms with van der Waals surface area (Å²) in [5.74, 6) is -0.456. The predicted molar refractivity (Wildman–Crippen MR) is 153 cm³/mol. The van der Waals surface area contributed by atoms with Crippen LogP contribution in [0.25, 0.3) is 11.0 Å². The molecule has 1 unspecified atom stereocenters. The molecule has 1 atom stereocenters. The van der Waals surface area contributed by atoms with Crippen LogP contribution in [-0.2, 0) is 16.1 Å². The summed E-state index contributed by atoms with van der Waals surface area (Å²) in [4.78, 5) is 29.9. The molecule has 0 aliphatic heterocycles. The molecule has 40 heavy (non-hydrogen) atoms. The number of hydrogen-bond acceptors (Lipinski definition) is 6. The summed E-state index contributed by atoms with van der Waals surface area (Å²) >= 11 is 0. The van der Waals surface area contributed by atoms with Crippen molar-refractivity contribution in [2.45, 2.75) is 64.6 Å². The van der Waals surface area contributed by atoms with Gasteiger partial charge in [0.1, 0.15) is 18.1 Å². The van der Waals surface area contributed by atoms with Gasteiger partial charge in [0.25, 0.3) is 0 Å². The minimum atomic E-state index is -1.04. The van der Waals surface area contributed by atoms with Crippen molar-refractivity contribution in [2.24, 2.45) is 0 Å². The molecular weight excluding hydrogens is 506 g/mol. The topological polar surface area (TPSA) is 110 Å². The van der Waals surface area contributed by atoms with Crippen molar-refractivity contribution in [3.8, 4) is 11.5 Å². The molecule has 1 aliphatic carbocycles. The number of nitrogens with zero attached hydrogens (tertiary/aromatic N) is 4. The lowest BCUT2D eigenvalue weighted by atomic mass is 9.94. The second-order valence-corrected chi connectivity index (χ2v) is 10.4. The molecule has 0 bridgehead atoms. The molecule has 9 nitrogen and oxygen atoms in total. The molecule has 4 aromatic rings. The van der Waals surface area contributed by atoms with Gasteiger partial charge in [0.05, 0.1) is 12.6 Å². The number of phenols is 1. The molecule has 2 amide bonds. The number of fused-ring (bicyclic) bond motifs is 1. The van der Waals surface area contributed by atoms with Gasteiger partial charge in [-0.1, -0.05) is 48.7 Å². The van der Waals surface area contributed by atoms with Gasteiger partial charge in [-0.05, 0) is 79.8 Å². The number of amides is 2. The van der Waals surface area contributed by atoms with Gasteiger partial charge in [-0.15, -0.1) is 5.10 Å². The third kappa shape index (κ3) is 5.64. The molecule has 208 valence electrons. The Hall–Kier alpha value is -4.40. The van der Waals surface area contributed by atoms with Gasteiger partial charge in [-0.2, -0.15) is 0 Å². The second-order valence-electron chi connectivity index (χ2n) is 10.4. The second kappa shape index (κ2) is 11.8. The van der Waals surface area contributed by atoms with E-state index in [0.717, 1.165) is 48.7 Å². The molecule has 0 radical (unpaired) electrons. The first-order chi connectivity index (χ1) is 19.4. The number of methoxy groups -OCH3 is 1. The molecule has 1 heterocycles. The van der Waals surface area contributed by atoms with E-state index in [-0.39, 0.29) is 35.9 Å². The van der Waals surface area contributed by atoms with E-state index >= 15 is 0 Å². The lowest BCUT2D eigenvalue weighted by molar-refractivity contribution is -0.127. The number of carbonyl (C=O) groups excluding carboxylic acids is 2. The van der Waals surface area contributed by atoms with Crippen LogP contribution in [0.2, 0.25) is 0 Å². The number of anilines is 1. The number of ether oxygens (including phenoxy) is 1. The number of aromatic nitrogens is 3. The van der Waals surface area contributed by atoms with Gasteiger partial charge >= 0.3 is 0 Å². The summed E-state index contributed by atoms with van der Waals surface area (Å²) in [6.45, 7) is 3.85. The van der Waals surface area contributed by atoms with Crippen LogP contribution in [0.1, 0.15) is 54.8 Å². The molecule has 2 N–H and O–H groups in total. The monoisotopic (exact) mass is 541 g/mol. The van der Waals surface area contributed by atoms with Crippen molar-refractivity contribution >= 4 is 28.5 Å². The Balaban J connectivity index is 1.60. The van der Waals surface area contributed by atoms with Crippen LogP contribution in [0.4, 0.5) is 5.69 Å². The summed E-state index contributed by atoms with van der Waals surface area (Å²) in [6.07, 6.45) is 5.06. The normalized spacial score (nSPS) is 14.6. The van der Waals surface area contributed by atoms with Gasteiger partial charge in [0, 0.05) is 11.7 Å². The zero-order chi connectivity index (χ0) is 28.2. The smallest absolute Gasteiger partial charge is 0.249 e. The van der Waals surface area contributed by atoms with Crippen molar-refractivity contribution in [3.05, 3.63) is 77.4 Å². The largest absolute Gasteiger partial charge is 0.504 e. The molecule has 1 fully saturated rings. The van der Waals surface area contributed by atoms with Crippen LogP contribution in [0.15, 0.2) is 60.7 Å². The van der Waals surface area contributed by atoms with E-state index < -0.39 is 6.04 Å². The third-order valence-electron chi connectivity index (χ3n) is 7.72. The average molecular weight is 542 g/mol. The lowest BCUT2D eigenvalue weighted by Gasteiger charge is -2.34. The van der Waals surface area contributed by atoms with Crippen molar-refractivity contribution in [3.63, 3.8) is 0 Å². The van der Waals surface area contributed by atoms with E-state index in [9.17, 15) is 14.7 Å². The minimum absolute atomic E-state index is 0.0339. The van der Waals surface area contributed by atoms with Crippen LogP contribution in [-0.4, -0.2) is 45.1 Å². The third-order valence-corrected chi connectivity index (χ3v) is 7.72. The molecular formula is C31H35N5O4. The molecule has 9 heteroatoms. The van der Waals surface area contributed by atoms with Gasteiger partial charge in [0.15, 0.2) is 11.5 Å². The number of aryl methyl sites for hydroxylation is 2. The number of hydrogen-bond donors (Lipinski definition) is 2. The van der Waals surface area contributed by atoms with Crippen LogP contribution in [0, 0.1) is 13.8 Å². The van der Waals surface area contributed by atoms with Crippen LogP contribution < -0.4 is 15.0 Å². The fourth-order valence-electron chi connectivity index (χ4n) is 5.37. The number of phenolic OH excluding ortho intramolecular Hbond substituents is 1. The number of para-hydroxylation sites is 1. The molecule has 1 aliphatic rings. The number of benzene rings is 3. The highest BCUT2D eigenvalue weighted by atomic mass is 16.5. The Morgan fingerprint density at radius 1 is 1.05 bits per heavy atom. The number of rotatable bonds is 8. The Kier molecular flexibility index (Phi) is 8.00. The number of nitrogens with one attached hydrogen (secondary N) is 1. The maximum absolute atomic E-state index is 14.2. The summed E-state index contributed by atoms with van der Waals surface area (Å²) in [5.41, 5.74) is 4.52. The maximum Gasteiger partial charge on any atom is 0.249 e. The van der Waals surface area contributed by atoms with Crippen LogP contribution in [0.5, 0.6) is 11.5 Å². The van der Waals surface area contributed by atoms with E-state index in [2.05, 4.69) is 15.6 Å². The van der Waals surface area contributed by atoms with Gasteiger partial charge in [-0.3, -0.25) is 14.5 Å². The Morgan fingerprint density at radius 3 is 2.55 bits per heavy atom. The molecule has 3 aromatic carbocycles. The average Bonchev–Trinajstić information content (AvgIpc) is 3.36. The molecule has 1 saturated carbocycles. The van der Waals surface area contributed by atoms with Gasteiger partial charge in [0.2, 0.25) is 11.8 Å². The van der Waals surface area contributed by atoms with Crippen molar-refractivity contribution in [1.29, 1.82) is 0 Å². The summed E-state index contributed by atoms with van der Waals surface area (Å²) in [7, 11) is 1.47. The fraction of sp³-hybridized carbons (Fsp3) is 0.355. The highest BCUT2D eigenvalue weighted by Crippen LogP contribution is 2.35. The minimum Gasteiger partial charge on any atom is -0.504 e. The molecule has 5 rings (SSSR count). The zero-order valence-electron chi connectivity index (χ0n) is 23.1. The molecule has 0 spiro atoms. The highest BCUT2D eigenvalue weighted by Gasteiger charge is 2.35. The van der Waals surface area contributed by atoms with E-state index in [1.54, 1.807) is 16.8 Å². The number of aromatic hydroxyl groups is 1. The van der Waals surface area contributed by atoms with Crippen molar-refractivity contribution < 1.29 is 19.4 Å². The first-order valence-corrected chi connectivity index (χ1v) is 13.7. The summed E-state index contributed by atoms with van der Waals surface area (Å²) in [5, 5.41) is 22.3. The van der Waals surface area contributed by atoms with Gasteiger partial charge < -0.3 is 15.2 Å². The van der Waals surface area contributed by atoms with Crippen molar-refractivity contribution in [2.75, 3.05) is 12.0 Å². The van der Waals surface area contributed by atoms with E-state index in [0.29, 0.717) is 16.8 Å². The van der Waals surface area contributed by atoms with Gasteiger partial charge in [-0.25, -0.2) is 4.68 Å². The molecule has 0 saturated heterocycles. The Bertz CT molecular complexity index is 1530. The first-order valence-electron chi connectivity index (χ1n) is 13.7. The molecule has 1 aromatic heterocycles. The Labute approximate surface area is 233 Å². The highest BCUT2D eigenvalue weighted by molar-refractivity contribution is 6.01. The SMILES string of the molecule is COc1ccc(C(C(=O)NC2CCCCC2)N(C(=O)Cn2nnc3ccccc32)c2ccc(C)c(C)c2)cc1O. The van der Waals surface area contributed by atoms with E-state index in [1.165, 1.54) is 18.1 Å². The summed E-state index contributed by atoms with van der Waals surface area (Å²) < 4.78 is 6.79. The zero-order valence-corrected chi connectivity index (χ0v) is 23.1. The Morgan fingerprint density at radius 2 is 1.82 bits per heavy atom. The van der Waals surface area contributed by atoms with Crippen LogP contribution in [0.3, 0.4) is 0 Å². The first kappa shape index (κ1) is 27.2. The summed E-state index contributed by atoms with van der Waals surface area (Å²) in [6, 6.07) is 17.0. The van der Waals surface area contributed by atoms with Crippen molar-refractivity contribution in [1.82, 2.24) is 20.3 Å². The standard InChI is InChI=1S/C31H35N5O4/c1-20-13-15-24(17-21(20)2)36(29(38)19-35-26-12-8-7-11-25(26)33-34-35)30(22-14-16-28(40-3)27(37)18-22)31(39)32-23-9-5-4-6-10-23/h7-8,11-18,23,30,37H,4-6,9-10,19H2,1-3H3,(H,32,39).